The van der Waals surface area contributed by atoms with Crippen LogP contribution in [0.15, 0.2) is 24.3 Å². The number of nitrogens with zero attached hydrogens (tertiary/aromatic N) is 2. The van der Waals surface area contributed by atoms with E-state index in [1.807, 2.05) is 0 Å². The number of nitrogens with one attached hydrogen (secondary N) is 1. The molecule has 1 aromatic carbocycles. The zero-order valence-corrected chi connectivity index (χ0v) is 12.6. The van der Waals surface area contributed by atoms with Crippen molar-refractivity contribution in [3.05, 3.63) is 40.7 Å². The number of methoxy groups -OCH3 is 2. The maximum atomic E-state index is 12.2. The number of benzene rings is 1. The molecule has 1 heterocycles. The first kappa shape index (κ1) is 15.1. The molecule has 1 aromatic heterocycles. The third-order valence-corrected chi connectivity index (χ3v) is 2.86. The van der Waals surface area contributed by atoms with E-state index in [9.17, 15) is 4.79 Å². The minimum absolute atomic E-state index is 0.145. The van der Waals surface area contributed by atoms with Crippen molar-refractivity contribution in [3.8, 4) is 11.5 Å². The predicted octanol–water partition coefficient (Wildman–Crippen LogP) is 2.71. The Labute approximate surface area is 127 Å². The maximum Gasteiger partial charge on any atom is 0.258 e. The van der Waals surface area contributed by atoms with Crippen molar-refractivity contribution in [3.63, 3.8) is 0 Å². The lowest BCUT2D eigenvalue weighted by Crippen LogP contribution is -2.15. The molecule has 2 aromatic rings. The van der Waals surface area contributed by atoms with Gasteiger partial charge in [-0.05, 0) is 25.1 Å². The summed E-state index contributed by atoms with van der Waals surface area (Å²) in [7, 11) is 3.03. The highest BCUT2D eigenvalue weighted by Crippen LogP contribution is 2.23. The van der Waals surface area contributed by atoms with Crippen LogP contribution in [0.5, 0.6) is 11.5 Å². The number of ether oxygens (including phenoxy) is 2. The van der Waals surface area contributed by atoms with Gasteiger partial charge in [0.2, 0.25) is 5.95 Å². The quantitative estimate of drug-likeness (QED) is 0.879. The Morgan fingerprint density at radius 2 is 1.71 bits per heavy atom. The van der Waals surface area contributed by atoms with E-state index in [0.29, 0.717) is 22.8 Å². The molecule has 0 fully saturated rings. The molecule has 0 saturated heterocycles. The van der Waals surface area contributed by atoms with Gasteiger partial charge in [-0.3, -0.25) is 10.1 Å². The summed E-state index contributed by atoms with van der Waals surface area (Å²) < 4.78 is 10.2. The first-order valence-corrected chi connectivity index (χ1v) is 6.45. The summed E-state index contributed by atoms with van der Waals surface area (Å²) in [6.07, 6.45) is 0. The van der Waals surface area contributed by atoms with Crippen molar-refractivity contribution in [1.82, 2.24) is 9.97 Å². The number of rotatable bonds is 4. The lowest BCUT2D eigenvalue weighted by Gasteiger charge is -2.09. The van der Waals surface area contributed by atoms with Gasteiger partial charge in [-0.1, -0.05) is 11.6 Å². The third kappa shape index (κ3) is 3.82. The van der Waals surface area contributed by atoms with E-state index in [1.54, 1.807) is 31.2 Å². The molecular weight excluding hydrogens is 294 g/mol. The molecule has 0 bridgehead atoms. The fourth-order valence-corrected chi connectivity index (χ4v) is 1.94. The predicted molar refractivity (Wildman–Crippen MR) is 79.3 cm³/mol. The Bertz CT molecular complexity index is 634. The van der Waals surface area contributed by atoms with Crippen molar-refractivity contribution in [2.45, 2.75) is 6.92 Å². The fraction of sp³-hybridized carbons (Fsp3) is 0.214. The van der Waals surface area contributed by atoms with Crippen molar-refractivity contribution < 1.29 is 14.3 Å². The molecule has 0 radical (unpaired) electrons. The molecule has 0 saturated carbocycles. The van der Waals surface area contributed by atoms with E-state index < -0.39 is 0 Å². The smallest absolute Gasteiger partial charge is 0.258 e. The minimum Gasteiger partial charge on any atom is -0.497 e. The van der Waals surface area contributed by atoms with Gasteiger partial charge in [0.05, 0.1) is 14.2 Å². The van der Waals surface area contributed by atoms with Crippen LogP contribution in [0.4, 0.5) is 5.95 Å². The van der Waals surface area contributed by atoms with Crippen LogP contribution in [-0.2, 0) is 0 Å². The van der Waals surface area contributed by atoms with Gasteiger partial charge in [-0.25, -0.2) is 9.97 Å². The Hall–Kier alpha value is -2.34. The van der Waals surface area contributed by atoms with Crippen LogP contribution < -0.4 is 14.8 Å². The van der Waals surface area contributed by atoms with Crippen molar-refractivity contribution in [2.75, 3.05) is 19.5 Å². The van der Waals surface area contributed by atoms with E-state index in [-0.39, 0.29) is 17.0 Å². The summed E-state index contributed by atoms with van der Waals surface area (Å²) in [4.78, 5) is 20.3. The van der Waals surface area contributed by atoms with Gasteiger partial charge in [-0.15, -0.1) is 0 Å². The van der Waals surface area contributed by atoms with Crippen LogP contribution in [0.2, 0.25) is 5.15 Å². The molecule has 0 atom stereocenters. The lowest BCUT2D eigenvalue weighted by molar-refractivity contribution is 0.102. The molecule has 2 rings (SSSR count). The van der Waals surface area contributed by atoms with Crippen molar-refractivity contribution >= 4 is 23.5 Å². The van der Waals surface area contributed by atoms with Crippen molar-refractivity contribution in [2.24, 2.45) is 0 Å². The molecule has 21 heavy (non-hydrogen) atoms. The highest BCUT2D eigenvalue weighted by Gasteiger charge is 2.12. The molecule has 1 amide bonds. The Morgan fingerprint density at radius 1 is 1.10 bits per heavy atom. The lowest BCUT2D eigenvalue weighted by atomic mass is 10.2. The molecule has 6 nitrogen and oxygen atoms in total. The van der Waals surface area contributed by atoms with Gasteiger partial charge in [0, 0.05) is 17.3 Å². The maximum absolute atomic E-state index is 12.2. The largest absolute Gasteiger partial charge is 0.497 e. The summed E-state index contributed by atoms with van der Waals surface area (Å²) in [5.41, 5.74) is 1.03. The molecule has 1 N–H and O–H groups in total. The number of hydrogen-bond donors (Lipinski definition) is 1. The summed E-state index contributed by atoms with van der Waals surface area (Å²) in [6, 6.07) is 6.47. The summed E-state index contributed by atoms with van der Waals surface area (Å²) >= 11 is 5.83. The Kier molecular flexibility index (Phi) is 4.59. The van der Waals surface area contributed by atoms with Crippen molar-refractivity contribution in [1.29, 1.82) is 0 Å². The third-order valence-electron chi connectivity index (χ3n) is 2.66. The van der Waals surface area contributed by atoms with Gasteiger partial charge >= 0.3 is 0 Å². The average Bonchev–Trinajstić information content (AvgIpc) is 2.45. The van der Waals surface area contributed by atoms with E-state index in [1.165, 1.54) is 14.2 Å². The van der Waals surface area contributed by atoms with Gasteiger partial charge < -0.3 is 9.47 Å². The number of hydrogen-bond acceptors (Lipinski definition) is 5. The summed E-state index contributed by atoms with van der Waals surface area (Å²) in [6.45, 7) is 1.76. The molecule has 0 spiro atoms. The number of anilines is 1. The SMILES string of the molecule is COc1cc(OC)cc(C(=O)Nc2nc(C)cc(Cl)n2)c1. The fourth-order valence-electron chi connectivity index (χ4n) is 1.70. The molecule has 0 aliphatic heterocycles. The van der Waals surface area contributed by atoms with Crippen LogP contribution in [0.25, 0.3) is 0 Å². The molecule has 0 aliphatic rings. The summed E-state index contributed by atoms with van der Waals surface area (Å²) in [5.74, 6) is 0.797. The Balaban J connectivity index is 2.27. The Morgan fingerprint density at radius 3 is 2.24 bits per heavy atom. The van der Waals surface area contributed by atoms with Crippen LogP contribution in [0.3, 0.4) is 0 Å². The average molecular weight is 308 g/mol. The normalized spacial score (nSPS) is 10.1. The van der Waals surface area contributed by atoms with Crippen LogP contribution in [0, 0.1) is 6.92 Å². The highest BCUT2D eigenvalue weighted by atomic mass is 35.5. The number of amides is 1. The zero-order valence-electron chi connectivity index (χ0n) is 11.8. The summed E-state index contributed by atoms with van der Waals surface area (Å²) in [5, 5.41) is 2.85. The number of carbonyl (C=O) groups is 1. The van der Waals surface area contributed by atoms with Crippen LogP contribution in [0.1, 0.15) is 16.1 Å². The van der Waals surface area contributed by atoms with Gasteiger partial charge in [-0.2, -0.15) is 0 Å². The standard InChI is InChI=1S/C14H14ClN3O3/c1-8-4-12(15)17-14(16-8)18-13(19)9-5-10(20-2)7-11(6-9)21-3/h4-7H,1-3H3,(H,16,17,18,19). The van der Waals surface area contributed by atoms with Gasteiger partial charge in [0.1, 0.15) is 16.7 Å². The monoisotopic (exact) mass is 307 g/mol. The van der Waals surface area contributed by atoms with E-state index in [2.05, 4.69) is 15.3 Å². The topological polar surface area (TPSA) is 73.3 Å². The second-order valence-electron chi connectivity index (χ2n) is 4.21. The van der Waals surface area contributed by atoms with Crippen LogP contribution in [-0.4, -0.2) is 30.1 Å². The molecular formula is C14H14ClN3O3. The highest BCUT2D eigenvalue weighted by molar-refractivity contribution is 6.29. The number of aromatic nitrogens is 2. The van der Waals surface area contributed by atoms with Gasteiger partial charge in [0.15, 0.2) is 0 Å². The number of halogens is 1. The zero-order chi connectivity index (χ0) is 15.4. The second-order valence-corrected chi connectivity index (χ2v) is 4.60. The first-order chi connectivity index (χ1) is 10.0. The number of carbonyl (C=O) groups excluding carboxylic acids is 1. The molecule has 7 heteroatoms. The van der Waals surface area contributed by atoms with E-state index >= 15 is 0 Å². The number of aryl methyl sites for hydroxylation is 1. The molecule has 0 unspecified atom stereocenters. The molecule has 110 valence electrons. The molecule has 0 aliphatic carbocycles. The van der Waals surface area contributed by atoms with Gasteiger partial charge in [0.25, 0.3) is 5.91 Å². The first-order valence-electron chi connectivity index (χ1n) is 6.07. The van der Waals surface area contributed by atoms with E-state index in [0.717, 1.165) is 0 Å². The second kappa shape index (κ2) is 6.41. The van der Waals surface area contributed by atoms with Crippen LogP contribution >= 0.6 is 11.6 Å². The minimum atomic E-state index is -0.381. The van der Waals surface area contributed by atoms with E-state index in [4.69, 9.17) is 21.1 Å².